The lowest BCUT2D eigenvalue weighted by Gasteiger charge is -2.41. The van der Waals surface area contributed by atoms with Crippen LogP contribution in [0, 0.1) is 0 Å². The van der Waals surface area contributed by atoms with Crippen LogP contribution in [0.3, 0.4) is 0 Å². The highest BCUT2D eigenvalue weighted by molar-refractivity contribution is 5.43. The third-order valence-electron chi connectivity index (χ3n) is 5.43. The Balaban J connectivity index is 1.58. The highest BCUT2D eigenvalue weighted by Crippen LogP contribution is 2.29. The zero-order valence-corrected chi connectivity index (χ0v) is 19.1. The number of aliphatic hydroxyl groups is 1. The molecule has 1 aromatic carbocycles. The smallest absolute Gasteiger partial charge is 0.225 e. The van der Waals surface area contributed by atoms with Crippen molar-refractivity contribution in [1.29, 1.82) is 0 Å². The van der Waals surface area contributed by atoms with Gasteiger partial charge in [0.25, 0.3) is 0 Å². The van der Waals surface area contributed by atoms with E-state index >= 15 is 0 Å². The summed E-state index contributed by atoms with van der Waals surface area (Å²) in [5.74, 6) is 2.16. The van der Waals surface area contributed by atoms with Gasteiger partial charge in [-0.3, -0.25) is 4.90 Å². The number of β-amino-alcohol motifs (C(OH)–C–C–N with tert-alkyl or cyclic N) is 1. The quantitative estimate of drug-likeness (QED) is 0.614. The Morgan fingerprint density at radius 2 is 1.94 bits per heavy atom. The highest BCUT2D eigenvalue weighted by Gasteiger charge is 2.35. The number of benzene rings is 1. The Bertz CT molecular complexity index is 820. The van der Waals surface area contributed by atoms with Crippen molar-refractivity contribution in [2.75, 3.05) is 65.9 Å². The summed E-state index contributed by atoms with van der Waals surface area (Å²) in [5.41, 5.74) is 0.313. The normalized spacial score (nSPS) is 19.1. The van der Waals surface area contributed by atoms with Crippen LogP contribution in [0.2, 0.25) is 0 Å². The second-order valence-electron chi connectivity index (χ2n) is 8.61. The zero-order chi connectivity index (χ0) is 22.3. The van der Waals surface area contributed by atoms with Crippen LogP contribution in [0.5, 0.6) is 11.5 Å². The van der Waals surface area contributed by atoms with Gasteiger partial charge in [0.05, 0.1) is 19.3 Å². The summed E-state index contributed by atoms with van der Waals surface area (Å²) in [4.78, 5) is 15.0. The third-order valence-corrected chi connectivity index (χ3v) is 5.43. The third kappa shape index (κ3) is 6.78. The number of nitrogens with zero attached hydrogens (tertiary/aromatic N) is 5. The maximum Gasteiger partial charge on any atom is 0.225 e. The molecule has 2 heterocycles. The number of likely N-dealkylation sites (N-methyl/N-ethyl adjacent to an activating group) is 2. The first-order valence-corrected chi connectivity index (χ1v) is 10.8. The Kier molecular flexibility index (Phi) is 8.06. The molecule has 0 amide bonds. The minimum absolute atomic E-state index is 0.531. The lowest BCUT2D eigenvalue weighted by molar-refractivity contribution is -0.00367. The predicted octanol–water partition coefficient (Wildman–Crippen LogP) is 1.89. The average molecular weight is 430 g/mol. The number of ether oxygens (including phenoxy) is 2. The molecule has 1 saturated heterocycles. The van der Waals surface area contributed by atoms with Gasteiger partial charge in [0.15, 0.2) is 11.5 Å². The first kappa shape index (κ1) is 23.2. The fourth-order valence-corrected chi connectivity index (χ4v) is 4.00. The van der Waals surface area contributed by atoms with E-state index in [1.165, 1.54) is 0 Å². The van der Waals surface area contributed by atoms with E-state index < -0.39 is 5.60 Å². The molecule has 2 aromatic rings. The van der Waals surface area contributed by atoms with E-state index in [9.17, 15) is 5.11 Å². The van der Waals surface area contributed by atoms with Crippen molar-refractivity contribution in [2.24, 2.45) is 0 Å². The molecule has 3 rings (SSSR count). The molecule has 0 spiro atoms. The lowest BCUT2D eigenvalue weighted by Crippen LogP contribution is -2.54. The SMILES string of the molecule is COc1cc(CN(C)C[C@]2(O)CCCN(c3ncccn3)C2)ccc1OCCN(C)C. The number of aromatic nitrogens is 2. The minimum Gasteiger partial charge on any atom is -0.493 e. The van der Waals surface area contributed by atoms with Gasteiger partial charge in [-0.05, 0) is 57.7 Å². The van der Waals surface area contributed by atoms with E-state index in [1.807, 2.05) is 33.3 Å². The number of hydrogen-bond acceptors (Lipinski definition) is 8. The molecule has 170 valence electrons. The van der Waals surface area contributed by atoms with E-state index in [-0.39, 0.29) is 0 Å². The first-order valence-electron chi connectivity index (χ1n) is 10.8. The van der Waals surface area contributed by atoms with Crippen LogP contribution >= 0.6 is 0 Å². The van der Waals surface area contributed by atoms with Crippen molar-refractivity contribution in [1.82, 2.24) is 19.8 Å². The van der Waals surface area contributed by atoms with Crippen LogP contribution in [-0.2, 0) is 6.54 Å². The van der Waals surface area contributed by atoms with Crippen LogP contribution in [0.1, 0.15) is 18.4 Å². The number of piperidine rings is 1. The van der Waals surface area contributed by atoms with Crippen LogP contribution in [0.25, 0.3) is 0 Å². The van der Waals surface area contributed by atoms with Crippen molar-refractivity contribution < 1.29 is 14.6 Å². The van der Waals surface area contributed by atoms with Crippen LogP contribution in [0.15, 0.2) is 36.7 Å². The van der Waals surface area contributed by atoms with E-state index in [1.54, 1.807) is 25.6 Å². The van der Waals surface area contributed by atoms with Crippen molar-refractivity contribution in [3.63, 3.8) is 0 Å². The van der Waals surface area contributed by atoms with Gasteiger partial charge >= 0.3 is 0 Å². The number of anilines is 1. The predicted molar refractivity (Wildman–Crippen MR) is 122 cm³/mol. The van der Waals surface area contributed by atoms with Crippen molar-refractivity contribution in [3.05, 3.63) is 42.2 Å². The summed E-state index contributed by atoms with van der Waals surface area (Å²) in [6, 6.07) is 7.83. The molecule has 31 heavy (non-hydrogen) atoms. The second kappa shape index (κ2) is 10.7. The Hall–Kier alpha value is -2.42. The summed E-state index contributed by atoms with van der Waals surface area (Å²) < 4.78 is 11.4. The van der Waals surface area contributed by atoms with Crippen molar-refractivity contribution >= 4 is 5.95 Å². The largest absolute Gasteiger partial charge is 0.493 e. The molecule has 0 aliphatic carbocycles. The minimum atomic E-state index is -0.800. The van der Waals surface area contributed by atoms with Gasteiger partial charge in [0.1, 0.15) is 6.61 Å². The van der Waals surface area contributed by atoms with Gasteiger partial charge in [-0.2, -0.15) is 0 Å². The van der Waals surface area contributed by atoms with Gasteiger partial charge in [0.2, 0.25) is 5.95 Å². The molecule has 0 bridgehead atoms. The first-order chi connectivity index (χ1) is 14.9. The molecule has 0 radical (unpaired) electrons. The topological polar surface area (TPSA) is 74.2 Å². The molecule has 0 saturated carbocycles. The van der Waals surface area contributed by atoms with E-state index in [0.29, 0.717) is 32.2 Å². The van der Waals surface area contributed by atoms with Gasteiger partial charge in [-0.15, -0.1) is 0 Å². The fourth-order valence-electron chi connectivity index (χ4n) is 4.00. The molecule has 1 fully saturated rings. The molecule has 8 nitrogen and oxygen atoms in total. The number of methoxy groups -OCH3 is 1. The fraction of sp³-hybridized carbons (Fsp3) is 0.565. The van der Waals surface area contributed by atoms with Crippen LogP contribution in [0.4, 0.5) is 5.95 Å². The molecule has 1 aromatic heterocycles. The second-order valence-corrected chi connectivity index (χ2v) is 8.61. The van der Waals surface area contributed by atoms with Crippen molar-refractivity contribution in [2.45, 2.75) is 25.0 Å². The monoisotopic (exact) mass is 429 g/mol. The maximum absolute atomic E-state index is 11.3. The van der Waals surface area contributed by atoms with Gasteiger partial charge in [0, 0.05) is 38.6 Å². The Labute approximate surface area is 185 Å². The van der Waals surface area contributed by atoms with Crippen molar-refractivity contribution in [3.8, 4) is 11.5 Å². The molecule has 1 N–H and O–H groups in total. The van der Waals surface area contributed by atoms with Crippen LogP contribution in [-0.4, -0.2) is 91.5 Å². The van der Waals surface area contributed by atoms with Gasteiger partial charge < -0.3 is 24.4 Å². The molecule has 1 atom stereocenters. The Morgan fingerprint density at radius 1 is 1.16 bits per heavy atom. The summed E-state index contributed by atoms with van der Waals surface area (Å²) >= 11 is 0. The Morgan fingerprint density at radius 3 is 2.65 bits per heavy atom. The van der Waals surface area contributed by atoms with E-state index in [0.717, 1.165) is 43.0 Å². The standard InChI is InChI=1S/C23H35N5O3/c1-26(2)13-14-31-20-8-7-19(15-21(20)30-4)16-27(3)17-23(29)9-5-12-28(18-23)22-24-10-6-11-25-22/h6-8,10-11,15,29H,5,9,12-14,16-18H2,1-4H3/t23-/m1/s1. The zero-order valence-electron chi connectivity index (χ0n) is 19.1. The highest BCUT2D eigenvalue weighted by atomic mass is 16.5. The number of hydrogen-bond donors (Lipinski definition) is 1. The van der Waals surface area contributed by atoms with Gasteiger partial charge in [-0.1, -0.05) is 6.07 Å². The van der Waals surface area contributed by atoms with E-state index in [4.69, 9.17) is 9.47 Å². The maximum atomic E-state index is 11.3. The van der Waals surface area contributed by atoms with E-state index in [2.05, 4.69) is 30.7 Å². The summed E-state index contributed by atoms with van der Waals surface area (Å²) in [6.07, 6.45) is 5.16. The van der Waals surface area contributed by atoms with Crippen LogP contribution < -0.4 is 14.4 Å². The molecule has 1 aliphatic rings. The number of rotatable bonds is 10. The summed E-state index contributed by atoms with van der Waals surface area (Å²) in [7, 11) is 7.73. The molecule has 8 heteroatoms. The van der Waals surface area contributed by atoms with Gasteiger partial charge in [-0.25, -0.2) is 9.97 Å². The summed E-state index contributed by atoms with van der Waals surface area (Å²) in [6.45, 7) is 4.12. The summed E-state index contributed by atoms with van der Waals surface area (Å²) in [5, 5.41) is 11.3. The molecular formula is C23H35N5O3. The molecule has 0 unspecified atom stereocenters. The molecular weight excluding hydrogens is 394 g/mol. The lowest BCUT2D eigenvalue weighted by atomic mass is 9.92. The molecule has 1 aliphatic heterocycles. The average Bonchev–Trinajstić information content (AvgIpc) is 2.74.